The number of aromatic nitrogens is 1. The highest BCUT2D eigenvalue weighted by Gasteiger charge is 2.20. The van der Waals surface area contributed by atoms with Crippen LogP contribution in [0.3, 0.4) is 0 Å². The average Bonchev–Trinajstić information content (AvgIpc) is 2.40. The van der Waals surface area contributed by atoms with E-state index < -0.39 is 10.9 Å². The number of nitrogens with zero attached hydrogens (tertiary/aromatic N) is 2. The van der Waals surface area contributed by atoms with Gasteiger partial charge in [-0.3, -0.25) is 15.1 Å². The smallest absolute Gasteiger partial charge is 0.336 e. The van der Waals surface area contributed by atoms with E-state index in [0.29, 0.717) is 10.2 Å². The summed E-state index contributed by atoms with van der Waals surface area (Å²) in [6.07, 6.45) is 2.97. The van der Waals surface area contributed by atoms with Crippen molar-refractivity contribution in [1.82, 2.24) is 4.98 Å². The van der Waals surface area contributed by atoms with Crippen LogP contribution in [0.4, 0.5) is 5.69 Å². The molecule has 0 saturated heterocycles. The number of aromatic carboxylic acids is 1. The number of pyridine rings is 1. The number of nitro benzene ring substituents is 1. The fraction of sp³-hybridized carbons (Fsp3) is 0.0769. The molecule has 0 radical (unpaired) electrons. The van der Waals surface area contributed by atoms with Gasteiger partial charge in [-0.2, -0.15) is 0 Å². The summed E-state index contributed by atoms with van der Waals surface area (Å²) in [5.74, 6) is -0.832. The van der Waals surface area contributed by atoms with Crippen molar-refractivity contribution in [1.29, 1.82) is 0 Å². The van der Waals surface area contributed by atoms with Crippen molar-refractivity contribution in [3.63, 3.8) is 0 Å². The van der Waals surface area contributed by atoms with Gasteiger partial charge in [-0.25, -0.2) is 4.79 Å². The molecule has 0 bridgehead atoms. The van der Waals surface area contributed by atoms with E-state index in [0.717, 1.165) is 6.07 Å². The Kier molecular flexibility index (Phi) is 4.18. The van der Waals surface area contributed by atoms with E-state index in [1.54, 1.807) is 12.3 Å². The van der Waals surface area contributed by atoms with Gasteiger partial charge in [-0.05, 0) is 35.0 Å². The molecule has 2 rings (SSSR count). The number of carboxylic acids is 1. The second-order valence-corrected chi connectivity index (χ2v) is 5.04. The van der Waals surface area contributed by atoms with Crippen molar-refractivity contribution in [2.24, 2.45) is 0 Å². The Morgan fingerprint density at radius 1 is 1.38 bits per heavy atom. The molecule has 108 valence electrons. The molecule has 0 spiro atoms. The Bertz CT molecular complexity index is 732. The third kappa shape index (κ3) is 3.34. The van der Waals surface area contributed by atoms with Crippen LogP contribution in [0, 0.1) is 17.0 Å². The summed E-state index contributed by atoms with van der Waals surface area (Å²) in [5, 5.41) is 20.0. The monoisotopic (exact) mass is 352 g/mol. The minimum Gasteiger partial charge on any atom is -0.478 e. The number of halogens is 1. The van der Waals surface area contributed by atoms with Gasteiger partial charge in [0.1, 0.15) is 11.5 Å². The van der Waals surface area contributed by atoms with E-state index >= 15 is 0 Å². The molecule has 7 nitrogen and oxygen atoms in total. The zero-order valence-electron chi connectivity index (χ0n) is 10.7. The van der Waals surface area contributed by atoms with Crippen LogP contribution in [0.1, 0.15) is 15.9 Å². The molecule has 21 heavy (non-hydrogen) atoms. The van der Waals surface area contributed by atoms with Gasteiger partial charge in [0.15, 0.2) is 0 Å². The van der Waals surface area contributed by atoms with Crippen LogP contribution in [0.25, 0.3) is 0 Å². The van der Waals surface area contributed by atoms with Gasteiger partial charge in [0.2, 0.25) is 0 Å². The van der Waals surface area contributed by atoms with Crippen molar-refractivity contribution in [3.05, 3.63) is 56.3 Å². The van der Waals surface area contributed by atoms with Crippen LogP contribution >= 0.6 is 15.9 Å². The molecule has 0 aliphatic heterocycles. The summed E-state index contributed by atoms with van der Waals surface area (Å²) >= 11 is 3.22. The van der Waals surface area contributed by atoms with Crippen LogP contribution in [0.2, 0.25) is 0 Å². The first-order valence-electron chi connectivity index (χ1n) is 5.69. The lowest BCUT2D eigenvalue weighted by atomic mass is 10.1. The van der Waals surface area contributed by atoms with Gasteiger partial charge in [0, 0.05) is 16.7 Å². The second-order valence-electron chi connectivity index (χ2n) is 4.12. The molecule has 0 atom stereocenters. The van der Waals surface area contributed by atoms with Crippen molar-refractivity contribution >= 4 is 27.6 Å². The quantitative estimate of drug-likeness (QED) is 0.666. The van der Waals surface area contributed by atoms with E-state index in [1.165, 1.54) is 19.2 Å². The molecule has 0 unspecified atom stereocenters. The summed E-state index contributed by atoms with van der Waals surface area (Å²) < 4.78 is 6.18. The highest BCUT2D eigenvalue weighted by Crippen LogP contribution is 2.33. The highest BCUT2D eigenvalue weighted by molar-refractivity contribution is 9.10. The number of benzene rings is 1. The molecule has 2 aromatic rings. The Morgan fingerprint density at radius 3 is 2.67 bits per heavy atom. The molecule has 1 aromatic heterocycles. The van der Waals surface area contributed by atoms with E-state index in [2.05, 4.69) is 20.9 Å². The van der Waals surface area contributed by atoms with Crippen LogP contribution in [-0.2, 0) is 0 Å². The third-order valence-electron chi connectivity index (χ3n) is 2.68. The lowest BCUT2D eigenvalue weighted by molar-refractivity contribution is -0.385. The van der Waals surface area contributed by atoms with Gasteiger partial charge < -0.3 is 9.84 Å². The fourth-order valence-electron chi connectivity index (χ4n) is 1.67. The zero-order chi connectivity index (χ0) is 15.6. The minimum atomic E-state index is -1.27. The summed E-state index contributed by atoms with van der Waals surface area (Å²) in [4.78, 5) is 25.3. The lowest BCUT2D eigenvalue weighted by Crippen LogP contribution is -2.02. The summed E-state index contributed by atoms with van der Waals surface area (Å²) in [7, 11) is 0. The normalized spacial score (nSPS) is 10.2. The topological polar surface area (TPSA) is 103 Å². The van der Waals surface area contributed by atoms with Crippen LogP contribution in [0.15, 0.2) is 35.1 Å². The standard InChI is InChI=1S/C13H9BrN2O5/c1-7-11(16(19)20)2-8(13(17)18)3-12(7)21-10-4-9(14)5-15-6-10/h2-6H,1H3,(H,17,18). The molecular formula is C13H9BrN2O5. The largest absolute Gasteiger partial charge is 0.478 e. The van der Waals surface area contributed by atoms with E-state index in [-0.39, 0.29) is 22.6 Å². The predicted octanol–water partition coefficient (Wildman–Crippen LogP) is 3.55. The first-order chi connectivity index (χ1) is 9.88. The van der Waals surface area contributed by atoms with Gasteiger partial charge in [-0.15, -0.1) is 0 Å². The minimum absolute atomic E-state index is 0.0986. The molecular weight excluding hydrogens is 344 g/mol. The SMILES string of the molecule is Cc1c(Oc2cncc(Br)c2)cc(C(=O)O)cc1[N+](=O)[O-]. The molecule has 0 aliphatic carbocycles. The van der Waals surface area contributed by atoms with Crippen molar-refractivity contribution in [3.8, 4) is 11.5 Å². The molecule has 1 aromatic carbocycles. The number of carbonyl (C=O) groups is 1. The van der Waals surface area contributed by atoms with E-state index in [9.17, 15) is 14.9 Å². The molecule has 1 N–H and O–H groups in total. The van der Waals surface area contributed by atoms with Gasteiger partial charge in [0.05, 0.1) is 22.2 Å². The fourth-order valence-corrected chi connectivity index (χ4v) is 2.01. The van der Waals surface area contributed by atoms with Gasteiger partial charge >= 0.3 is 5.97 Å². The molecule has 0 amide bonds. The van der Waals surface area contributed by atoms with Gasteiger partial charge in [-0.1, -0.05) is 0 Å². The third-order valence-corrected chi connectivity index (χ3v) is 3.12. The Labute approximate surface area is 127 Å². The molecule has 0 aliphatic rings. The molecule has 8 heteroatoms. The molecule has 0 saturated carbocycles. The second kappa shape index (κ2) is 5.88. The summed E-state index contributed by atoms with van der Waals surface area (Å²) in [6.45, 7) is 1.49. The van der Waals surface area contributed by atoms with E-state index in [4.69, 9.17) is 9.84 Å². The Hall–Kier alpha value is -2.48. The number of nitro groups is 1. The lowest BCUT2D eigenvalue weighted by Gasteiger charge is -2.10. The average molecular weight is 353 g/mol. The van der Waals surface area contributed by atoms with E-state index in [1.807, 2.05) is 0 Å². The summed E-state index contributed by atoms with van der Waals surface area (Å²) in [6, 6.07) is 3.86. The highest BCUT2D eigenvalue weighted by atomic mass is 79.9. The summed E-state index contributed by atoms with van der Waals surface area (Å²) in [5.41, 5.74) is -0.289. The first-order valence-corrected chi connectivity index (χ1v) is 6.48. The number of carboxylic acid groups (broad SMARTS) is 1. The van der Waals surface area contributed by atoms with Crippen molar-refractivity contribution in [2.75, 3.05) is 0 Å². The Balaban J connectivity index is 2.51. The van der Waals surface area contributed by atoms with Crippen molar-refractivity contribution in [2.45, 2.75) is 6.92 Å². The maximum absolute atomic E-state index is 11.0. The molecule has 0 fully saturated rings. The number of hydrogen-bond acceptors (Lipinski definition) is 5. The Morgan fingerprint density at radius 2 is 2.10 bits per heavy atom. The van der Waals surface area contributed by atoms with Crippen LogP contribution in [0.5, 0.6) is 11.5 Å². The maximum Gasteiger partial charge on any atom is 0.336 e. The zero-order valence-corrected chi connectivity index (χ0v) is 12.3. The maximum atomic E-state index is 11.0. The first kappa shape index (κ1) is 14.9. The van der Waals surface area contributed by atoms with Crippen LogP contribution < -0.4 is 4.74 Å². The van der Waals surface area contributed by atoms with Gasteiger partial charge in [0.25, 0.3) is 5.69 Å². The van der Waals surface area contributed by atoms with Crippen LogP contribution in [-0.4, -0.2) is 21.0 Å². The predicted molar refractivity (Wildman–Crippen MR) is 76.8 cm³/mol. The van der Waals surface area contributed by atoms with Crippen molar-refractivity contribution < 1.29 is 19.6 Å². The molecule has 1 heterocycles. The number of ether oxygens (including phenoxy) is 1. The number of rotatable bonds is 4. The number of hydrogen-bond donors (Lipinski definition) is 1.